The lowest BCUT2D eigenvalue weighted by atomic mass is 10.1. The topological polar surface area (TPSA) is 90.4 Å². The first-order valence-corrected chi connectivity index (χ1v) is 8.12. The Balaban J connectivity index is 1.82. The molecule has 1 aliphatic rings. The van der Waals surface area contributed by atoms with Crippen LogP contribution in [-0.2, 0) is 22.8 Å². The summed E-state index contributed by atoms with van der Waals surface area (Å²) >= 11 is 0. The summed E-state index contributed by atoms with van der Waals surface area (Å²) in [5.41, 5.74) is 7.36. The van der Waals surface area contributed by atoms with Gasteiger partial charge in [0.25, 0.3) is 0 Å². The molecule has 0 aromatic carbocycles. The van der Waals surface area contributed by atoms with Crippen LogP contribution in [0.2, 0.25) is 0 Å². The maximum Gasteiger partial charge on any atom is 0.155 e. The van der Waals surface area contributed by atoms with E-state index in [-0.39, 0.29) is 11.7 Å². The highest BCUT2D eigenvalue weighted by atomic mass is 32.2. The van der Waals surface area contributed by atoms with Crippen molar-refractivity contribution in [2.24, 2.45) is 11.7 Å². The summed E-state index contributed by atoms with van der Waals surface area (Å²) in [5, 5.41) is 4.37. The summed E-state index contributed by atoms with van der Waals surface area (Å²) in [7, 11) is -2.84. The normalized spacial score (nSPS) is 22.1. The fourth-order valence-electron chi connectivity index (χ4n) is 2.47. The van der Waals surface area contributed by atoms with Gasteiger partial charge in [0.15, 0.2) is 21.3 Å². The van der Waals surface area contributed by atoms with Gasteiger partial charge < -0.3 is 5.73 Å². The Bertz CT molecular complexity index is 708. The van der Waals surface area contributed by atoms with Gasteiger partial charge in [-0.2, -0.15) is 5.10 Å². The van der Waals surface area contributed by atoms with Crippen LogP contribution in [0.1, 0.15) is 17.8 Å². The first-order chi connectivity index (χ1) is 9.05. The van der Waals surface area contributed by atoms with Gasteiger partial charge in [-0.25, -0.2) is 17.9 Å². The van der Waals surface area contributed by atoms with Gasteiger partial charge >= 0.3 is 0 Å². The van der Waals surface area contributed by atoms with Gasteiger partial charge in [0.1, 0.15) is 0 Å². The van der Waals surface area contributed by atoms with Crippen LogP contribution in [0.3, 0.4) is 0 Å². The van der Waals surface area contributed by atoms with Crippen molar-refractivity contribution < 1.29 is 8.42 Å². The highest BCUT2D eigenvalue weighted by Gasteiger charge is 2.28. The molecular weight excluding hydrogens is 264 g/mol. The van der Waals surface area contributed by atoms with Crippen LogP contribution in [0.4, 0.5) is 0 Å². The quantitative estimate of drug-likeness (QED) is 0.865. The van der Waals surface area contributed by atoms with Crippen molar-refractivity contribution in [1.82, 2.24) is 14.6 Å². The largest absolute Gasteiger partial charge is 0.326 e. The van der Waals surface area contributed by atoms with E-state index in [0.717, 1.165) is 11.2 Å². The number of sulfone groups is 1. The van der Waals surface area contributed by atoms with Crippen molar-refractivity contribution in [3.63, 3.8) is 0 Å². The third kappa shape index (κ3) is 2.62. The molecule has 0 spiro atoms. The zero-order chi connectivity index (χ0) is 13.5. The number of hydrogen-bond acceptors (Lipinski definition) is 5. The van der Waals surface area contributed by atoms with Crippen molar-refractivity contribution in [1.29, 1.82) is 0 Å². The molecule has 19 heavy (non-hydrogen) atoms. The predicted octanol–water partition coefficient (Wildman–Crippen LogP) is 0.165. The van der Waals surface area contributed by atoms with Gasteiger partial charge in [-0.3, -0.25) is 0 Å². The molecule has 1 atom stereocenters. The molecule has 7 heteroatoms. The van der Waals surface area contributed by atoms with Gasteiger partial charge in [-0.15, -0.1) is 0 Å². The van der Waals surface area contributed by atoms with Gasteiger partial charge in [0, 0.05) is 19.2 Å². The van der Waals surface area contributed by atoms with Crippen LogP contribution in [0.15, 0.2) is 18.3 Å². The lowest BCUT2D eigenvalue weighted by molar-refractivity contribution is 0.569. The highest BCUT2D eigenvalue weighted by Crippen LogP contribution is 2.21. The second-order valence-electron chi connectivity index (χ2n) is 5.04. The Labute approximate surface area is 111 Å². The van der Waals surface area contributed by atoms with Crippen molar-refractivity contribution >= 4 is 15.5 Å². The Morgan fingerprint density at radius 3 is 3.00 bits per heavy atom. The molecule has 102 valence electrons. The van der Waals surface area contributed by atoms with Gasteiger partial charge in [-0.05, 0) is 30.0 Å². The Morgan fingerprint density at radius 2 is 2.32 bits per heavy atom. The number of rotatable bonds is 3. The fourth-order valence-corrected chi connectivity index (χ4v) is 4.34. The van der Waals surface area contributed by atoms with Crippen molar-refractivity contribution in [2.45, 2.75) is 19.4 Å². The minimum absolute atomic E-state index is 0.149. The molecule has 0 saturated carbocycles. The summed E-state index contributed by atoms with van der Waals surface area (Å²) in [5.74, 6) is 1.41. The molecule has 0 bridgehead atoms. The monoisotopic (exact) mass is 280 g/mol. The van der Waals surface area contributed by atoms with Crippen LogP contribution in [-0.4, -0.2) is 34.5 Å². The number of pyridine rings is 1. The first kappa shape index (κ1) is 12.6. The van der Waals surface area contributed by atoms with E-state index >= 15 is 0 Å². The summed E-state index contributed by atoms with van der Waals surface area (Å²) in [6, 6.07) is 3.81. The summed E-state index contributed by atoms with van der Waals surface area (Å²) in [6.45, 7) is 0.472. The Kier molecular flexibility index (Phi) is 3.02. The number of hydrogen-bond donors (Lipinski definition) is 1. The molecule has 6 nitrogen and oxygen atoms in total. The summed E-state index contributed by atoms with van der Waals surface area (Å²) in [4.78, 5) is 4.43. The molecule has 2 N–H and O–H groups in total. The standard InChI is InChI=1S/C12H16N4O2S/c13-7-9-1-3-16-12(6-9)14-11(15-16)5-10-2-4-19(17,18)8-10/h1,3,6,10H,2,4-5,7-8,13H2. The van der Waals surface area contributed by atoms with Crippen molar-refractivity contribution in [3.05, 3.63) is 29.7 Å². The van der Waals surface area contributed by atoms with E-state index in [2.05, 4.69) is 10.1 Å². The molecule has 1 unspecified atom stereocenters. The Hall–Kier alpha value is -1.47. The molecule has 1 aliphatic heterocycles. The van der Waals surface area contributed by atoms with E-state index < -0.39 is 9.84 Å². The fraction of sp³-hybridized carbons (Fsp3) is 0.500. The molecule has 3 heterocycles. The second-order valence-corrected chi connectivity index (χ2v) is 7.27. The lowest BCUT2D eigenvalue weighted by Crippen LogP contribution is -2.08. The van der Waals surface area contributed by atoms with Gasteiger partial charge in [-0.1, -0.05) is 0 Å². The number of fused-ring (bicyclic) bond motifs is 1. The zero-order valence-electron chi connectivity index (χ0n) is 10.5. The maximum absolute atomic E-state index is 11.4. The van der Waals surface area contributed by atoms with Crippen molar-refractivity contribution in [2.75, 3.05) is 11.5 Å². The third-order valence-electron chi connectivity index (χ3n) is 3.48. The Morgan fingerprint density at radius 1 is 1.47 bits per heavy atom. The average Bonchev–Trinajstić information content (AvgIpc) is 2.91. The molecular formula is C12H16N4O2S. The second kappa shape index (κ2) is 4.57. The molecule has 0 amide bonds. The summed E-state index contributed by atoms with van der Waals surface area (Å²) in [6.07, 6.45) is 3.17. The van der Waals surface area contributed by atoms with Crippen LogP contribution < -0.4 is 5.73 Å². The molecule has 1 fully saturated rings. The van der Waals surface area contributed by atoms with E-state index in [1.165, 1.54) is 0 Å². The van der Waals surface area contributed by atoms with Gasteiger partial charge in [0.05, 0.1) is 11.5 Å². The van der Waals surface area contributed by atoms with E-state index in [1.54, 1.807) is 4.52 Å². The maximum atomic E-state index is 11.4. The number of nitrogens with two attached hydrogens (primary N) is 1. The average molecular weight is 280 g/mol. The van der Waals surface area contributed by atoms with Crippen LogP contribution >= 0.6 is 0 Å². The zero-order valence-corrected chi connectivity index (χ0v) is 11.3. The smallest absolute Gasteiger partial charge is 0.155 e. The highest BCUT2D eigenvalue weighted by molar-refractivity contribution is 7.91. The lowest BCUT2D eigenvalue weighted by Gasteiger charge is -2.01. The molecule has 3 rings (SSSR count). The minimum atomic E-state index is -2.84. The van der Waals surface area contributed by atoms with Crippen LogP contribution in [0.25, 0.3) is 5.65 Å². The molecule has 0 aliphatic carbocycles. The van der Waals surface area contributed by atoms with Crippen molar-refractivity contribution in [3.8, 4) is 0 Å². The third-order valence-corrected chi connectivity index (χ3v) is 5.32. The van der Waals surface area contributed by atoms with E-state index in [0.29, 0.717) is 31.0 Å². The van der Waals surface area contributed by atoms with E-state index in [1.807, 2.05) is 18.3 Å². The summed E-state index contributed by atoms with van der Waals surface area (Å²) < 4.78 is 24.6. The van der Waals surface area contributed by atoms with E-state index in [4.69, 9.17) is 5.73 Å². The van der Waals surface area contributed by atoms with Gasteiger partial charge in [0.2, 0.25) is 0 Å². The molecule has 0 radical (unpaired) electrons. The minimum Gasteiger partial charge on any atom is -0.326 e. The SMILES string of the molecule is NCc1ccn2nc(CC3CCS(=O)(=O)C3)nc2c1. The predicted molar refractivity (Wildman–Crippen MR) is 71.3 cm³/mol. The molecule has 2 aromatic heterocycles. The molecule has 2 aromatic rings. The van der Waals surface area contributed by atoms with Crippen LogP contribution in [0, 0.1) is 5.92 Å². The van der Waals surface area contributed by atoms with E-state index in [9.17, 15) is 8.42 Å². The number of aromatic nitrogens is 3. The van der Waals surface area contributed by atoms with Crippen LogP contribution in [0.5, 0.6) is 0 Å². The number of nitrogens with zero attached hydrogens (tertiary/aromatic N) is 3. The molecule has 1 saturated heterocycles. The first-order valence-electron chi connectivity index (χ1n) is 6.30.